The van der Waals surface area contributed by atoms with Crippen LogP contribution in [-0.2, 0) is 4.74 Å². The lowest BCUT2D eigenvalue weighted by atomic mass is 9.55. The number of hydrogen-bond donors (Lipinski definition) is 2. The number of ether oxygens (including phenoxy) is 1. The van der Waals surface area contributed by atoms with Gasteiger partial charge in [-0.2, -0.15) is 0 Å². The molecule has 0 spiro atoms. The number of nitrogens with zero attached hydrogens (tertiary/aromatic N) is 3. The molecule has 3 unspecified atom stereocenters. The Morgan fingerprint density at radius 2 is 2.03 bits per heavy atom. The van der Waals surface area contributed by atoms with Crippen LogP contribution in [0.15, 0.2) is 23.2 Å². The molecule has 0 aromatic carbocycles. The number of aromatic nitrogens is 1. The quantitative estimate of drug-likeness (QED) is 0.602. The molecule has 0 bridgehead atoms. The normalized spacial score (nSPS) is 29.7. The minimum Gasteiger partial charge on any atom is -0.377 e. The number of pyridine rings is 1. The molecule has 6 nitrogen and oxygen atoms in total. The molecule has 1 saturated carbocycles. The van der Waals surface area contributed by atoms with Crippen molar-refractivity contribution in [2.45, 2.75) is 71.6 Å². The smallest absolute Gasteiger partial charge is 0.191 e. The Morgan fingerprint density at radius 3 is 2.76 bits per heavy atom. The third kappa shape index (κ3) is 4.23. The van der Waals surface area contributed by atoms with E-state index in [2.05, 4.69) is 66.4 Å². The van der Waals surface area contributed by atoms with Gasteiger partial charge in [0.25, 0.3) is 0 Å². The summed E-state index contributed by atoms with van der Waals surface area (Å²) in [6, 6.07) is 7.16. The maximum absolute atomic E-state index is 6.06. The molecular weight excluding hydrogens is 362 g/mol. The summed E-state index contributed by atoms with van der Waals surface area (Å²) < 4.78 is 6.06. The molecule has 3 aliphatic rings. The van der Waals surface area contributed by atoms with E-state index >= 15 is 0 Å². The molecule has 3 fully saturated rings. The lowest BCUT2D eigenvalue weighted by Crippen LogP contribution is -2.71. The molecule has 1 aromatic heterocycles. The second kappa shape index (κ2) is 8.50. The van der Waals surface area contributed by atoms with Crippen molar-refractivity contribution < 1.29 is 4.74 Å². The first-order valence-electron chi connectivity index (χ1n) is 11.4. The zero-order valence-electron chi connectivity index (χ0n) is 18.4. The Morgan fingerprint density at radius 1 is 1.24 bits per heavy atom. The van der Waals surface area contributed by atoms with Gasteiger partial charge < -0.3 is 20.3 Å². The van der Waals surface area contributed by atoms with Gasteiger partial charge in [-0.25, -0.2) is 4.98 Å². The number of guanidine groups is 1. The fourth-order valence-corrected chi connectivity index (χ4v) is 5.40. The molecular formula is C23H37N5O. The predicted molar refractivity (Wildman–Crippen MR) is 118 cm³/mol. The molecule has 2 N–H and O–H groups in total. The third-order valence-corrected chi connectivity index (χ3v) is 6.97. The summed E-state index contributed by atoms with van der Waals surface area (Å²) in [5, 5.41) is 7.50. The van der Waals surface area contributed by atoms with Gasteiger partial charge in [0.05, 0.1) is 6.10 Å². The average molecular weight is 400 g/mol. The Labute approximate surface area is 175 Å². The van der Waals surface area contributed by atoms with E-state index in [-0.39, 0.29) is 5.41 Å². The first-order chi connectivity index (χ1) is 14.0. The van der Waals surface area contributed by atoms with Crippen LogP contribution in [0.4, 0.5) is 5.82 Å². The maximum atomic E-state index is 6.06. The lowest BCUT2D eigenvalue weighted by molar-refractivity contribution is -0.188. The van der Waals surface area contributed by atoms with Crippen LogP contribution < -0.4 is 15.5 Å². The van der Waals surface area contributed by atoms with Gasteiger partial charge in [0.1, 0.15) is 5.82 Å². The zero-order chi connectivity index (χ0) is 20.4. The van der Waals surface area contributed by atoms with Crippen molar-refractivity contribution in [3.8, 4) is 0 Å². The van der Waals surface area contributed by atoms with E-state index in [0.29, 0.717) is 24.1 Å². The first-order valence-corrected chi connectivity index (χ1v) is 11.4. The number of fused-ring (bicyclic) bond motifs is 1. The van der Waals surface area contributed by atoms with Crippen molar-refractivity contribution in [2.24, 2.45) is 16.3 Å². The van der Waals surface area contributed by atoms with E-state index in [4.69, 9.17) is 9.73 Å². The molecule has 4 rings (SSSR count). The van der Waals surface area contributed by atoms with Crippen molar-refractivity contribution in [1.29, 1.82) is 0 Å². The second-order valence-electron chi connectivity index (χ2n) is 9.41. The summed E-state index contributed by atoms with van der Waals surface area (Å²) >= 11 is 0. The maximum Gasteiger partial charge on any atom is 0.191 e. The molecule has 29 heavy (non-hydrogen) atoms. The zero-order valence-corrected chi connectivity index (χ0v) is 18.4. The van der Waals surface area contributed by atoms with Gasteiger partial charge in [-0.05, 0) is 51.7 Å². The van der Waals surface area contributed by atoms with Crippen molar-refractivity contribution >= 4 is 11.8 Å². The summed E-state index contributed by atoms with van der Waals surface area (Å²) in [5.41, 5.74) is 1.24. The largest absolute Gasteiger partial charge is 0.377 e. The van der Waals surface area contributed by atoms with E-state index in [1.54, 1.807) is 0 Å². The Balaban J connectivity index is 1.33. The standard InChI is InChI=1S/C23H37N5O/c1-5-24-22(27-20-18-9-7-15-29-21(18)23(20,3)4)26-17-11-13-28(14-12-17)19-10-6-8-16(2)25-19/h6,8,10,17-18,20-21H,5,7,9,11-15H2,1-4H3,(H2,24,26,27). The summed E-state index contributed by atoms with van der Waals surface area (Å²) in [6.45, 7) is 12.6. The van der Waals surface area contributed by atoms with Crippen molar-refractivity contribution in [3.63, 3.8) is 0 Å². The fourth-order valence-electron chi connectivity index (χ4n) is 5.40. The molecule has 0 amide bonds. The topological polar surface area (TPSA) is 61.8 Å². The molecule has 0 radical (unpaired) electrons. The van der Waals surface area contributed by atoms with Gasteiger partial charge in [0.2, 0.25) is 0 Å². The molecule has 2 saturated heterocycles. The Kier molecular flexibility index (Phi) is 6.00. The van der Waals surface area contributed by atoms with Gasteiger partial charge in [-0.3, -0.25) is 4.99 Å². The third-order valence-electron chi connectivity index (χ3n) is 6.97. The molecule has 3 atom stereocenters. The van der Waals surface area contributed by atoms with Gasteiger partial charge in [-0.1, -0.05) is 19.9 Å². The second-order valence-corrected chi connectivity index (χ2v) is 9.41. The van der Waals surface area contributed by atoms with Gasteiger partial charge in [0, 0.05) is 55.4 Å². The van der Waals surface area contributed by atoms with E-state index < -0.39 is 0 Å². The monoisotopic (exact) mass is 399 g/mol. The number of anilines is 1. The summed E-state index contributed by atoms with van der Waals surface area (Å²) in [4.78, 5) is 11.8. The number of hydrogen-bond acceptors (Lipinski definition) is 4. The molecule has 6 heteroatoms. The minimum absolute atomic E-state index is 0.154. The van der Waals surface area contributed by atoms with Crippen molar-refractivity contribution in [2.75, 3.05) is 31.1 Å². The fraction of sp³-hybridized carbons (Fsp3) is 0.739. The SMILES string of the molecule is CCN=C(NC1CCN(c2cccc(C)n2)CC1)NC1C2CCCOC2C1(C)C. The molecule has 1 aromatic rings. The lowest BCUT2D eigenvalue weighted by Gasteiger charge is -2.60. The van der Waals surface area contributed by atoms with Crippen LogP contribution in [-0.4, -0.2) is 55.4 Å². The van der Waals surface area contributed by atoms with Crippen LogP contribution in [0.1, 0.15) is 52.1 Å². The number of aryl methyl sites for hydroxylation is 1. The number of aliphatic imine (C=N–C) groups is 1. The summed E-state index contributed by atoms with van der Waals surface area (Å²) in [7, 11) is 0. The van der Waals surface area contributed by atoms with E-state index in [1.807, 2.05) is 0 Å². The van der Waals surface area contributed by atoms with Crippen molar-refractivity contribution in [1.82, 2.24) is 15.6 Å². The van der Waals surface area contributed by atoms with E-state index in [0.717, 1.165) is 56.6 Å². The summed E-state index contributed by atoms with van der Waals surface area (Å²) in [6.07, 6.45) is 5.02. The van der Waals surface area contributed by atoms with Gasteiger partial charge in [-0.15, -0.1) is 0 Å². The number of rotatable bonds is 4. The highest BCUT2D eigenvalue weighted by molar-refractivity contribution is 5.80. The number of piperidine rings is 1. The van der Waals surface area contributed by atoms with Crippen LogP contribution in [0.25, 0.3) is 0 Å². The number of nitrogens with one attached hydrogen (secondary N) is 2. The van der Waals surface area contributed by atoms with Crippen LogP contribution in [0.5, 0.6) is 0 Å². The molecule has 3 heterocycles. The predicted octanol–water partition coefficient (Wildman–Crippen LogP) is 3.12. The summed E-state index contributed by atoms with van der Waals surface area (Å²) in [5.74, 6) is 2.68. The average Bonchev–Trinajstić information content (AvgIpc) is 2.72. The highest BCUT2D eigenvalue weighted by atomic mass is 16.5. The Bertz CT molecular complexity index is 726. The van der Waals surface area contributed by atoms with Gasteiger partial charge >= 0.3 is 0 Å². The van der Waals surface area contributed by atoms with E-state index in [9.17, 15) is 0 Å². The van der Waals surface area contributed by atoms with E-state index in [1.165, 1.54) is 12.8 Å². The van der Waals surface area contributed by atoms with Crippen molar-refractivity contribution in [3.05, 3.63) is 23.9 Å². The van der Waals surface area contributed by atoms with Crippen LogP contribution >= 0.6 is 0 Å². The highest BCUT2D eigenvalue weighted by Gasteiger charge is 2.58. The minimum atomic E-state index is 0.154. The molecule has 160 valence electrons. The highest BCUT2D eigenvalue weighted by Crippen LogP contribution is 2.51. The first kappa shape index (κ1) is 20.5. The van der Waals surface area contributed by atoms with Crippen LogP contribution in [0.2, 0.25) is 0 Å². The Hall–Kier alpha value is -1.82. The van der Waals surface area contributed by atoms with Gasteiger partial charge in [0.15, 0.2) is 5.96 Å². The van der Waals surface area contributed by atoms with Crippen LogP contribution in [0.3, 0.4) is 0 Å². The molecule has 1 aliphatic carbocycles. The van der Waals surface area contributed by atoms with Crippen LogP contribution in [0, 0.1) is 18.3 Å². The molecule has 2 aliphatic heterocycles.